The molecule has 0 spiro atoms. The van der Waals surface area contributed by atoms with Gasteiger partial charge in [0, 0.05) is 30.4 Å². The molecule has 0 unspecified atom stereocenters. The Balaban J connectivity index is 1.96. The summed E-state index contributed by atoms with van der Waals surface area (Å²) < 4.78 is 7.25. The van der Waals surface area contributed by atoms with Crippen molar-refractivity contribution < 1.29 is 9.84 Å². The summed E-state index contributed by atoms with van der Waals surface area (Å²) in [5, 5.41) is 9.75. The molecular formula is C15H20N2O2S. The summed E-state index contributed by atoms with van der Waals surface area (Å²) >= 11 is 1.75. The van der Waals surface area contributed by atoms with Gasteiger partial charge in [-0.2, -0.15) is 0 Å². The minimum atomic E-state index is 0.283. The molecule has 1 aromatic heterocycles. The molecule has 0 bridgehead atoms. The normalized spacial score (nSPS) is 10.7. The van der Waals surface area contributed by atoms with Crippen molar-refractivity contribution in [1.29, 1.82) is 0 Å². The molecule has 1 aromatic carbocycles. The van der Waals surface area contributed by atoms with E-state index in [1.54, 1.807) is 18.9 Å². The first kappa shape index (κ1) is 14.9. The molecule has 0 fully saturated rings. The number of ether oxygens (including phenoxy) is 1. The minimum absolute atomic E-state index is 0.283. The Morgan fingerprint density at radius 2 is 2.00 bits per heavy atom. The van der Waals surface area contributed by atoms with Crippen LogP contribution in [0.1, 0.15) is 19.3 Å². The summed E-state index contributed by atoms with van der Waals surface area (Å²) in [5.74, 6) is 1.87. The Kier molecular flexibility index (Phi) is 5.95. The van der Waals surface area contributed by atoms with Crippen LogP contribution in [0.25, 0.3) is 5.69 Å². The van der Waals surface area contributed by atoms with Gasteiger partial charge < -0.3 is 9.84 Å². The molecule has 1 heterocycles. The first-order valence-corrected chi connectivity index (χ1v) is 7.75. The topological polar surface area (TPSA) is 47.3 Å². The molecule has 20 heavy (non-hydrogen) atoms. The van der Waals surface area contributed by atoms with E-state index in [0.29, 0.717) is 0 Å². The van der Waals surface area contributed by atoms with Crippen molar-refractivity contribution in [3.8, 4) is 11.4 Å². The maximum Gasteiger partial charge on any atom is 0.172 e. The fourth-order valence-corrected chi connectivity index (χ4v) is 2.86. The summed E-state index contributed by atoms with van der Waals surface area (Å²) in [4.78, 5) is 4.40. The van der Waals surface area contributed by atoms with E-state index in [9.17, 15) is 0 Å². The fraction of sp³-hybridized carbons (Fsp3) is 0.400. The largest absolute Gasteiger partial charge is 0.497 e. The van der Waals surface area contributed by atoms with Gasteiger partial charge in [0.15, 0.2) is 5.16 Å². The Morgan fingerprint density at radius 3 is 2.70 bits per heavy atom. The second kappa shape index (κ2) is 7.97. The molecule has 0 saturated heterocycles. The summed E-state index contributed by atoms with van der Waals surface area (Å²) in [6.07, 6.45) is 6.83. The van der Waals surface area contributed by atoms with Crippen molar-refractivity contribution in [1.82, 2.24) is 9.55 Å². The highest BCUT2D eigenvalue weighted by Gasteiger charge is 2.05. The van der Waals surface area contributed by atoms with E-state index >= 15 is 0 Å². The van der Waals surface area contributed by atoms with Gasteiger partial charge in [0.2, 0.25) is 0 Å². The number of aliphatic hydroxyl groups is 1. The maximum absolute atomic E-state index is 8.75. The van der Waals surface area contributed by atoms with Gasteiger partial charge in [0.1, 0.15) is 5.75 Å². The lowest BCUT2D eigenvalue weighted by atomic mass is 10.3. The third-order valence-electron chi connectivity index (χ3n) is 2.99. The molecule has 2 aromatic rings. The van der Waals surface area contributed by atoms with Crippen LogP contribution in [0.15, 0.2) is 41.8 Å². The van der Waals surface area contributed by atoms with Crippen LogP contribution in [0.3, 0.4) is 0 Å². The molecule has 0 aliphatic rings. The average Bonchev–Trinajstić information content (AvgIpc) is 2.95. The zero-order valence-electron chi connectivity index (χ0n) is 11.7. The van der Waals surface area contributed by atoms with Crippen LogP contribution in [-0.4, -0.2) is 34.1 Å². The highest BCUT2D eigenvalue weighted by molar-refractivity contribution is 7.99. The van der Waals surface area contributed by atoms with E-state index < -0.39 is 0 Å². The Morgan fingerprint density at radius 1 is 1.20 bits per heavy atom. The average molecular weight is 292 g/mol. The number of aliphatic hydroxyl groups excluding tert-OH is 1. The summed E-state index contributed by atoms with van der Waals surface area (Å²) in [5.41, 5.74) is 1.08. The van der Waals surface area contributed by atoms with Crippen LogP contribution in [0.2, 0.25) is 0 Å². The van der Waals surface area contributed by atoms with Crippen molar-refractivity contribution in [3.63, 3.8) is 0 Å². The van der Waals surface area contributed by atoms with Crippen LogP contribution < -0.4 is 4.74 Å². The van der Waals surface area contributed by atoms with Crippen LogP contribution in [-0.2, 0) is 0 Å². The van der Waals surface area contributed by atoms with Gasteiger partial charge in [0.05, 0.1) is 7.11 Å². The molecule has 1 N–H and O–H groups in total. The first-order chi connectivity index (χ1) is 9.85. The quantitative estimate of drug-likeness (QED) is 0.600. The predicted octanol–water partition coefficient (Wildman–Crippen LogP) is 3.14. The molecule has 5 heteroatoms. The van der Waals surface area contributed by atoms with E-state index in [2.05, 4.69) is 9.55 Å². The van der Waals surface area contributed by atoms with Gasteiger partial charge in [-0.25, -0.2) is 4.98 Å². The lowest BCUT2D eigenvalue weighted by molar-refractivity contribution is 0.284. The molecule has 2 rings (SSSR count). The fourth-order valence-electron chi connectivity index (χ4n) is 1.89. The molecule has 108 valence electrons. The number of rotatable bonds is 8. The van der Waals surface area contributed by atoms with E-state index in [0.717, 1.165) is 41.6 Å². The van der Waals surface area contributed by atoms with Gasteiger partial charge in [0.25, 0.3) is 0 Å². The first-order valence-electron chi connectivity index (χ1n) is 6.76. The third kappa shape index (κ3) is 4.02. The molecule has 0 saturated carbocycles. The van der Waals surface area contributed by atoms with Crippen molar-refractivity contribution in [2.24, 2.45) is 0 Å². The summed E-state index contributed by atoms with van der Waals surface area (Å²) in [6.45, 7) is 0.283. The molecular weight excluding hydrogens is 272 g/mol. The van der Waals surface area contributed by atoms with E-state index in [1.165, 1.54) is 0 Å². The number of thioether (sulfide) groups is 1. The van der Waals surface area contributed by atoms with Gasteiger partial charge >= 0.3 is 0 Å². The Hall–Kier alpha value is -1.46. The lowest BCUT2D eigenvalue weighted by Gasteiger charge is -2.08. The molecule has 0 aliphatic carbocycles. The van der Waals surface area contributed by atoms with Crippen LogP contribution in [0.5, 0.6) is 5.75 Å². The summed E-state index contributed by atoms with van der Waals surface area (Å²) in [7, 11) is 1.67. The highest BCUT2D eigenvalue weighted by Crippen LogP contribution is 2.23. The monoisotopic (exact) mass is 292 g/mol. The van der Waals surface area contributed by atoms with E-state index in [4.69, 9.17) is 9.84 Å². The van der Waals surface area contributed by atoms with E-state index in [1.807, 2.05) is 36.7 Å². The number of hydrogen-bond donors (Lipinski definition) is 1. The number of nitrogens with zero attached hydrogens (tertiary/aromatic N) is 2. The zero-order chi connectivity index (χ0) is 14.2. The van der Waals surface area contributed by atoms with Gasteiger partial charge in [-0.1, -0.05) is 18.2 Å². The van der Waals surface area contributed by atoms with Crippen LogP contribution in [0.4, 0.5) is 0 Å². The number of benzene rings is 1. The molecule has 0 amide bonds. The molecule has 0 atom stereocenters. The summed E-state index contributed by atoms with van der Waals surface area (Å²) in [6, 6.07) is 7.95. The van der Waals surface area contributed by atoms with Crippen molar-refractivity contribution >= 4 is 11.8 Å². The Bertz CT molecular complexity index is 511. The predicted molar refractivity (Wildman–Crippen MR) is 81.8 cm³/mol. The van der Waals surface area contributed by atoms with E-state index in [-0.39, 0.29) is 6.61 Å². The van der Waals surface area contributed by atoms with Crippen molar-refractivity contribution in [3.05, 3.63) is 36.7 Å². The zero-order valence-corrected chi connectivity index (χ0v) is 12.5. The van der Waals surface area contributed by atoms with Crippen molar-refractivity contribution in [2.45, 2.75) is 24.4 Å². The number of hydrogen-bond acceptors (Lipinski definition) is 4. The Labute approximate surface area is 123 Å². The lowest BCUT2D eigenvalue weighted by Crippen LogP contribution is -1.96. The number of unbranched alkanes of at least 4 members (excludes halogenated alkanes) is 2. The molecule has 0 aliphatic heterocycles. The van der Waals surface area contributed by atoms with Crippen LogP contribution >= 0.6 is 11.8 Å². The maximum atomic E-state index is 8.75. The second-order valence-electron chi connectivity index (χ2n) is 4.41. The standard InChI is InChI=1S/C15H20N2O2S/c1-19-14-7-5-13(6-8-14)17-10-9-16-15(17)20-12-4-2-3-11-18/h5-10,18H,2-4,11-12H2,1H3. The third-order valence-corrected chi connectivity index (χ3v) is 4.04. The van der Waals surface area contributed by atoms with Gasteiger partial charge in [-0.3, -0.25) is 4.57 Å². The number of methoxy groups -OCH3 is 1. The number of aromatic nitrogens is 2. The molecule has 4 nitrogen and oxygen atoms in total. The number of imidazole rings is 1. The van der Waals surface area contributed by atoms with Crippen LogP contribution in [0, 0.1) is 0 Å². The molecule has 0 radical (unpaired) electrons. The minimum Gasteiger partial charge on any atom is -0.497 e. The van der Waals surface area contributed by atoms with Gasteiger partial charge in [-0.05, 0) is 37.1 Å². The van der Waals surface area contributed by atoms with Gasteiger partial charge in [-0.15, -0.1) is 0 Å². The SMILES string of the molecule is COc1ccc(-n2ccnc2SCCCCCO)cc1. The highest BCUT2D eigenvalue weighted by atomic mass is 32.2. The second-order valence-corrected chi connectivity index (χ2v) is 5.47. The van der Waals surface area contributed by atoms with Crippen molar-refractivity contribution in [2.75, 3.05) is 19.5 Å². The smallest absolute Gasteiger partial charge is 0.172 e.